The molecular formula is C14H21NO2. The van der Waals surface area contributed by atoms with Gasteiger partial charge >= 0.3 is 0 Å². The van der Waals surface area contributed by atoms with Crippen LogP contribution in [0.25, 0.3) is 0 Å². The molecule has 2 rings (SSSR count). The van der Waals surface area contributed by atoms with E-state index < -0.39 is 0 Å². The highest BCUT2D eigenvalue weighted by atomic mass is 16.5. The van der Waals surface area contributed by atoms with Crippen LogP contribution in [-0.2, 0) is 11.2 Å². The van der Waals surface area contributed by atoms with E-state index in [1.54, 1.807) is 7.11 Å². The summed E-state index contributed by atoms with van der Waals surface area (Å²) in [5.41, 5.74) is 8.35. The fraction of sp³-hybridized carbons (Fsp3) is 0.571. The van der Waals surface area contributed by atoms with Gasteiger partial charge in [0, 0.05) is 7.11 Å². The van der Waals surface area contributed by atoms with Crippen molar-refractivity contribution in [3.05, 3.63) is 29.3 Å². The third-order valence-electron chi connectivity index (χ3n) is 3.24. The lowest BCUT2D eigenvalue weighted by molar-refractivity contribution is 0.0846. The predicted octanol–water partition coefficient (Wildman–Crippen LogP) is 2.44. The third-order valence-corrected chi connectivity index (χ3v) is 3.24. The number of nitrogens with two attached hydrogens (primary N) is 1. The third kappa shape index (κ3) is 2.79. The fourth-order valence-electron chi connectivity index (χ4n) is 2.19. The molecule has 17 heavy (non-hydrogen) atoms. The molecule has 1 aliphatic rings. The van der Waals surface area contributed by atoms with Crippen molar-refractivity contribution in [3.63, 3.8) is 0 Å². The molecule has 0 amide bonds. The molecule has 0 saturated carbocycles. The van der Waals surface area contributed by atoms with Crippen LogP contribution in [0, 0.1) is 0 Å². The molecule has 1 aromatic carbocycles. The minimum absolute atomic E-state index is 0.0524. The monoisotopic (exact) mass is 235 g/mol. The normalized spacial score (nSPS) is 19.3. The Bertz CT molecular complexity index is 401. The summed E-state index contributed by atoms with van der Waals surface area (Å²) < 4.78 is 11.0. The Morgan fingerprint density at radius 2 is 2.24 bits per heavy atom. The van der Waals surface area contributed by atoms with Gasteiger partial charge in [0.2, 0.25) is 0 Å². The zero-order valence-electron chi connectivity index (χ0n) is 10.8. The molecule has 1 aromatic rings. The van der Waals surface area contributed by atoms with Crippen molar-refractivity contribution >= 4 is 0 Å². The molecule has 0 aliphatic carbocycles. The van der Waals surface area contributed by atoms with Crippen LogP contribution in [0.4, 0.5) is 0 Å². The minimum Gasteiger partial charge on any atom is -0.488 e. The van der Waals surface area contributed by atoms with Crippen molar-refractivity contribution in [2.75, 3.05) is 13.7 Å². The molecule has 3 nitrogen and oxygen atoms in total. The number of aryl methyl sites for hydroxylation is 1. The standard InChI is InChI=1S/C14H21NO2/c1-14(2)7-6-11-8-10(12(15)9-16-3)4-5-13(11)17-14/h4-5,8,12H,6-7,9,15H2,1-3H3. The maximum Gasteiger partial charge on any atom is 0.123 e. The van der Waals surface area contributed by atoms with Gasteiger partial charge in [0.1, 0.15) is 11.4 Å². The van der Waals surface area contributed by atoms with Gasteiger partial charge in [0.25, 0.3) is 0 Å². The van der Waals surface area contributed by atoms with E-state index in [0.29, 0.717) is 6.61 Å². The fourth-order valence-corrected chi connectivity index (χ4v) is 2.19. The highest BCUT2D eigenvalue weighted by Gasteiger charge is 2.26. The van der Waals surface area contributed by atoms with Crippen LogP contribution in [0.2, 0.25) is 0 Å². The highest BCUT2D eigenvalue weighted by molar-refractivity contribution is 5.40. The summed E-state index contributed by atoms with van der Waals surface area (Å²) in [5, 5.41) is 0. The summed E-state index contributed by atoms with van der Waals surface area (Å²) >= 11 is 0. The van der Waals surface area contributed by atoms with Crippen molar-refractivity contribution in [3.8, 4) is 5.75 Å². The molecule has 94 valence electrons. The van der Waals surface area contributed by atoms with Crippen LogP contribution in [0.5, 0.6) is 5.75 Å². The molecule has 0 bridgehead atoms. The average Bonchev–Trinajstić information content (AvgIpc) is 2.27. The van der Waals surface area contributed by atoms with E-state index in [0.717, 1.165) is 24.2 Å². The summed E-state index contributed by atoms with van der Waals surface area (Å²) in [7, 11) is 1.67. The second kappa shape index (κ2) is 4.67. The molecule has 0 radical (unpaired) electrons. The first-order valence-corrected chi connectivity index (χ1v) is 6.08. The SMILES string of the molecule is COCC(N)c1ccc2c(c1)CCC(C)(C)O2. The number of hydrogen-bond donors (Lipinski definition) is 1. The van der Waals surface area contributed by atoms with Crippen LogP contribution in [0.3, 0.4) is 0 Å². The quantitative estimate of drug-likeness (QED) is 0.875. The Morgan fingerprint density at radius 1 is 1.47 bits per heavy atom. The van der Waals surface area contributed by atoms with E-state index >= 15 is 0 Å². The summed E-state index contributed by atoms with van der Waals surface area (Å²) in [6.07, 6.45) is 2.10. The Morgan fingerprint density at radius 3 is 2.94 bits per heavy atom. The first-order chi connectivity index (χ1) is 8.02. The van der Waals surface area contributed by atoms with Crippen LogP contribution in [-0.4, -0.2) is 19.3 Å². The van der Waals surface area contributed by atoms with Crippen LogP contribution < -0.4 is 10.5 Å². The van der Waals surface area contributed by atoms with Gasteiger partial charge in [-0.2, -0.15) is 0 Å². The lowest BCUT2D eigenvalue weighted by atomic mass is 9.92. The van der Waals surface area contributed by atoms with Gasteiger partial charge in [-0.15, -0.1) is 0 Å². The second-order valence-corrected chi connectivity index (χ2v) is 5.29. The smallest absolute Gasteiger partial charge is 0.123 e. The van der Waals surface area contributed by atoms with Crippen molar-refractivity contribution in [2.45, 2.75) is 38.3 Å². The first kappa shape index (κ1) is 12.4. The molecule has 1 aliphatic heterocycles. The van der Waals surface area contributed by atoms with Gasteiger partial charge in [-0.1, -0.05) is 12.1 Å². The summed E-state index contributed by atoms with van der Waals surface area (Å²) in [6, 6.07) is 6.15. The topological polar surface area (TPSA) is 44.5 Å². The average molecular weight is 235 g/mol. The zero-order chi connectivity index (χ0) is 12.5. The maximum atomic E-state index is 6.03. The van der Waals surface area contributed by atoms with Gasteiger partial charge in [-0.25, -0.2) is 0 Å². The van der Waals surface area contributed by atoms with Crippen molar-refractivity contribution in [2.24, 2.45) is 5.73 Å². The van der Waals surface area contributed by atoms with Gasteiger partial charge < -0.3 is 15.2 Å². The Balaban J connectivity index is 2.21. The van der Waals surface area contributed by atoms with Crippen LogP contribution >= 0.6 is 0 Å². The van der Waals surface area contributed by atoms with E-state index in [-0.39, 0.29) is 11.6 Å². The second-order valence-electron chi connectivity index (χ2n) is 5.29. The summed E-state index contributed by atoms with van der Waals surface area (Å²) in [5.74, 6) is 0.995. The van der Waals surface area contributed by atoms with Crippen molar-refractivity contribution < 1.29 is 9.47 Å². The number of hydrogen-bond acceptors (Lipinski definition) is 3. The highest BCUT2D eigenvalue weighted by Crippen LogP contribution is 2.34. The summed E-state index contributed by atoms with van der Waals surface area (Å²) in [4.78, 5) is 0. The summed E-state index contributed by atoms with van der Waals surface area (Å²) in [6.45, 7) is 4.80. The lowest BCUT2D eigenvalue weighted by Gasteiger charge is -2.33. The number of methoxy groups -OCH3 is 1. The Kier molecular flexibility index (Phi) is 3.40. The van der Waals surface area contributed by atoms with Crippen LogP contribution in [0.15, 0.2) is 18.2 Å². The number of benzene rings is 1. The van der Waals surface area contributed by atoms with Crippen molar-refractivity contribution in [1.82, 2.24) is 0 Å². The molecule has 2 N–H and O–H groups in total. The minimum atomic E-state index is -0.0553. The molecule has 0 fully saturated rings. The van der Waals surface area contributed by atoms with Gasteiger partial charge in [0.05, 0.1) is 12.6 Å². The molecule has 3 heteroatoms. The maximum absolute atomic E-state index is 6.03. The van der Waals surface area contributed by atoms with E-state index in [9.17, 15) is 0 Å². The van der Waals surface area contributed by atoms with Crippen molar-refractivity contribution in [1.29, 1.82) is 0 Å². The largest absolute Gasteiger partial charge is 0.488 e. The van der Waals surface area contributed by atoms with Crippen LogP contribution in [0.1, 0.15) is 37.4 Å². The van der Waals surface area contributed by atoms with E-state index in [4.69, 9.17) is 15.2 Å². The predicted molar refractivity (Wildman–Crippen MR) is 68.3 cm³/mol. The van der Waals surface area contributed by atoms with E-state index in [1.165, 1.54) is 5.56 Å². The molecular weight excluding hydrogens is 214 g/mol. The van der Waals surface area contributed by atoms with Gasteiger partial charge in [0.15, 0.2) is 0 Å². The molecule has 0 saturated heterocycles. The molecule has 0 spiro atoms. The number of rotatable bonds is 3. The number of fused-ring (bicyclic) bond motifs is 1. The first-order valence-electron chi connectivity index (χ1n) is 6.08. The van der Waals surface area contributed by atoms with E-state index in [2.05, 4.69) is 19.9 Å². The Hall–Kier alpha value is -1.06. The number of ether oxygens (including phenoxy) is 2. The molecule has 1 atom stereocenters. The van der Waals surface area contributed by atoms with Gasteiger partial charge in [-0.3, -0.25) is 0 Å². The van der Waals surface area contributed by atoms with Gasteiger partial charge in [-0.05, 0) is 43.9 Å². The Labute approximate surface area is 103 Å². The molecule has 0 aromatic heterocycles. The molecule has 1 unspecified atom stereocenters. The zero-order valence-corrected chi connectivity index (χ0v) is 10.8. The lowest BCUT2D eigenvalue weighted by Crippen LogP contribution is -2.32. The van der Waals surface area contributed by atoms with E-state index in [1.807, 2.05) is 12.1 Å². The molecule has 1 heterocycles.